The predicted molar refractivity (Wildman–Crippen MR) is 111 cm³/mol. The normalized spacial score (nSPS) is 12.9. The van der Waals surface area contributed by atoms with Crippen molar-refractivity contribution in [2.75, 3.05) is 24.7 Å². The van der Waals surface area contributed by atoms with Crippen molar-refractivity contribution < 1.29 is 46.9 Å². The maximum atomic E-state index is 12.4. The van der Waals surface area contributed by atoms with Crippen LogP contribution in [0.1, 0.15) is 54.4 Å². The third-order valence-electron chi connectivity index (χ3n) is 3.26. The lowest BCUT2D eigenvalue weighted by Crippen LogP contribution is -2.45. The van der Waals surface area contributed by atoms with E-state index in [4.69, 9.17) is 14.2 Å². The molecular weight excluding hydrogens is 452 g/mol. The van der Waals surface area contributed by atoms with Crippen LogP contribution in [0.15, 0.2) is 0 Å². The summed E-state index contributed by atoms with van der Waals surface area (Å²) in [5.41, 5.74) is -1.58. The van der Waals surface area contributed by atoms with Crippen molar-refractivity contribution in [1.29, 1.82) is 0 Å². The van der Waals surface area contributed by atoms with E-state index < -0.39 is 74.9 Å². The maximum Gasteiger partial charge on any atom is 0.408 e. The highest BCUT2D eigenvalue weighted by molar-refractivity contribution is 7.91. The predicted octanol–water partition coefficient (Wildman–Crippen LogP) is 1.17. The first-order valence-electron chi connectivity index (χ1n) is 9.76. The summed E-state index contributed by atoms with van der Waals surface area (Å²) in [5.74, 6) is -2.82. The number of hydrogen-bond donors (Lipinski definition) is 1. The van der Waals surface area contributed by atoms with E-state index in [-0.39, 0.29) is 12.8 Å². The molecule has 1 amide bonds. The monoisotopic (exact) mass is 484 g/mol. The average Bonchev–Trinajstić information content (AvgIpc) is 2.54. The fourth-order valence-corrected chi connectivity index (χ4v) is 2.93. The standard InChI is InChI=1S/C18H32N2O11S/c1-17(2,3)30-14(21)8-7-13(19-16(23)31-18(4,5)6)15(22)28-9-11-32(26,27)12-10-29-20(24)25/h13H,7-12H2,1-6H3,(H,19,23)/t13-/m0/s1. The van der Waals surface area contributed by atoms with E-state index in [0.717, 1.165) is 0 Å². The summed E-state index contributed by atoms with van der Waals surface area (Å²) >= 11 is 0. The Labute approximate surface area is 187 Å². The first-order valence-corrected chi connectivity index (χ1v) is 11.6. The maximum absolute atomic E-state index is 12.4. The molecular formula is C18H32N2O11S. The van der Waals surface area contributed by atoms with Crippen molar-refractivity contribution in [3.05, 3.63) is 10.1 Å². The van der Waals surface area contributed by atoms with Crippen LogP contribution >= 0.6 is 0 Å². The molecule has 0 saturated carbocycles. The SMILES string of the molecule is CC(C)(C)OC(=O)CC[C@H](NC(=O)OC(C)(C)C)C(=O)OCCS(=O)(=O)CCO[N+](=O)[O-]. The zero-order valence-electron chi connectivity index (χ0n) is 19.2. The molecule has 0 saturated heterocycles. The Balaban J connectivity index is 4.92. The van der Waals surface area contributed by atoms with E-state index in [1.54, 1.807) is 41.5 Å². The van der Waals surface area contributed by atoms with E-state index in [2.05, 4.69) is 10.2 Å². The van der Waals surface area contributed by atoms with Crippen LogP contribution in [-0.2, 0) is 38.5 Å². The van der Waals surface area contributed by atoms with E-state index in [0.29, 0.717) is 0 Å². The smallest absolute Gasteiger partial charge is 0.408 e. The molecule has 0 aliphatic heterocycles. The van der Waals surface area contributed by atoms with Crippen LogP contribution < -0.4 is 5.32 Å². The molecule has 0 unspecified atom stereocenters. The minimum atomic E-state index is -3.78. The first-order chi connectivity index (χ1) is 14.4. The second-order valence-electron chi connectivity index (χ2n) is 8.70. The van der Waals surface area contributed by atoms with E-state index in [1.807, 2.05) is 0 Å². The van der Waals surface area contributed by atoms with Crippen molar-refractivity contribution in [3.63, 3.8) is 0 Å². The number of carbonyl (C=O) groups excluding carboxylic acids is 3. The number of esters is 2. The minimum Gasteiger partial charge on any atom is -0.463 e. The Bertz CT molecular complexity index is 767. The fourth-order valence-electron chi connectivity index (χ4n) is 2.06. The first kappa shape index (κ1) is 29.4. The van der Waals surface area contributed by atoms with Gasteiger partial charge < -0.3 is 24.4 Å². The quantitative estimate of drug-likeness (QED) is 0.182. The van der Waals surface area contributed by atoms with Crippen LogP contribution in [0.5, 0.6) is 0 Å². The lowest BCUT2D eigenvalue weighted by atomic mass is 10.1. The summed E-state index contributed by atoms with van der Waals surface area (Å²) < 4.78 is 38.8. The number of sulfone groups is 1. The average molecular weight is 485 g/mol. The van der Waals surface area contributed by atoms with Crippen molar-refractivity contribution in [1.82, 2.24) is 5.32 Å². The Hall–Kier alpha value is -2.64. The Morgan fingerprint density at radius 1 is 0.969 bits per heavy atom. The summed E-state index contributed by atoms with van der Waals surface area (Å²) in [5, 5.41) is 11.2. The fraction of sp³-hybridized carbons (Fsp3) is 0.833. The molecule has 0 aliphatic carbocycles. The van der Waals surface area contributed by atoms with Crippen molar-refractivity contribution >= 4 is 27.9 Å². The van der Waals surface area contributed by atoms with Gasteiger partial charge in [-0.2, -0.15) is 0 Å². The highest BCUT2D eigenvalue weighted by atomic mass is 32.2. The third-order valence-corrected chi connectivity index (χ3v) is 4.84. The van der Waals surface area contributed by atoms with Gasteiger partial charge in [-0.25, -0.2) is 18.0 Å². The summed E-state index contributed by atoms with van der Waals surface area (Å²) in [7, 11) is -3.78. The van der Waals surface area contributed by atoms with Gasteiger partial charge in [0, 0.05) is 6.42 Å². The molecule has 0 aromatic heterocycles. The number of hydrogen-bond acceptors (Lipinski definition) is 11. The largest absolute Gasteiger partial charge is 0.463 e. The molecule has 14 heteroatoms. The molecule has 0 aromatic rings. The third kappa shape index (κ3) is 16.1. The summed E-state index contributed by atoms with van der Waals surface area (Å²) in [4.78, 5) is 50.4. The zero-order chi connectivity index (χ0) is 25.2. The molecule has 0 fully saturated rings. The molecule has 0 heterocycles. The van der Waals surface area contributed by atoms with Gasteiger partial charge in [-0.05, 0) is 48.0 Å². The van der Waals surface area contributed by atoms with E-state index in [9.17, 15) is 32.9 Å². The van der Waals surface area contributed by atoms with Crippen molar-refractivity contribution in [2.45, 2.75) is 71.6 Å². The van der Waals surface area contributed by atoms with Crippen LogP contribution in [0.2, 0.25) is 0 Å². The number of nitrogens with zero attached hydrogens (tertiary/aromatic N) is 1. The second kappa shape index (κ2) is 12.4. The highest BCUT2D eigenvalue weighted by Crippen LogP contribution is 2.12. The van der Waals surface area contributed by atoms with Crippen LogP contribution in [-0.4, -0.2) is 73.5 Å². The second-order valence-corrected chi connectivity index (χ2v) is 11.0. The van der Waals surface area contributed by atoms with Gasteiger partial charge >= 0.3 is 18.0 Å². The molecule has 32 heavy (non-hydrogen) atoms. The Morgan fingerprint density at radius 3 is 2.00 bits per heavy atom. The molecule has 186 valence electrons. The van der Waals surface area contributed by atoms with Gasteiger partial charge in [0.15, 0.2) is 9.84 Å². The van der Waals surface area contributed by atoms with Gasteiger partial charge in [0.25, 0.3) is 5.09 Å². The minimum absolute atomic E-state index is 0.170. The van der Waals surface area contributed by atoms with Crippen molar-refractivity contribution in [3.8, 4) is 0 Å². The van der Waals surface area contributed by atoms with Gasteiger partial charge in [0.1, 0.15) is 30.5 Å². The van der Waals surface area contributed by atoms with Gasteiger partial charge in [0.2, 0.25) is 0 Å². The zero-order valence-corrected chi connectivity index (χ0v) is 20.0. The summed E-state index contributed by atoms with van der Waals surface area (Å²) in [6.07, 6.45) is -1.31. The van der Waals surface area contributed by atoms with Crippen LogP contribution in [0.4, 0.5) is 4.79 Å². The Kier molecular flexibility index (Phi) is 11.4. The van der Waals surface area contributed by atoms with E-state index >= 15 is 0 Å². The Morgan fingerprint density at radius 2 is 1.50 bits per heavy atom. The number of ether oxygens (including phenoxy) is 3. The number of carbonyl (C=O) groups is 3. The van der Waals surface area contributed by atoms with Crippen molar-refractivity contribution in [2.24, 2.45) is 0 Å². The molecule has 1 N–H and O–H groups in total. The molecule has 0 rings (SSSR count). The van der Waals surface area contributed by atoms with Gasteiger partial charge in [0.05, 0.1) is 11.5 Å². The molecule has 0 spiro atoms. The molecule has 0 bridgehead atoms. The lowest BCUT2D eigenvalue weighted by molar-refractivity contribution is -0.756. The van der Waals surface area contributed by atoms with Crippen LogP contribution in [0, 0.1) is 10.1 Å². The molecule has 13 nitrogen and oxygen atoms in total. The van der Waals surface area contributed by atoms with E-state index in [1.165, 1.54) is 0 Å². The molecule has 0 aliphatic rings. The molecule has 0 radical (unpaired) electrons. The molecule has 0 aromatic carbocycles. The number of alkyl carbamates (subject to hydrolysis) is 1. The lowest BCUT2D eigenvalue weighted by Gasteiger charge is -2.23. The number of amides is 1. The summed E-state index contributed by atoms with van der Waals surface area (Å²) in [6, 6.07) is -1.29. The van der Waals surface area contributed by atoms with Crippen LogP contribution in [0.3, 0.4) is 0 Å². The van der Waals surface area contributed by atoms with Crippen LogP contribution in [0.25, 0.3) is 0 Å². The molecule has 1 atom stereocenters. The van der Waals surface area contributed by atoms with Gasteiger partial charge in [-0.1, -0.05) is 0 Å². The van der Waals surface area contributed by atoms with Gasteiger partial charge in [-0.15, -0.1) is 10.1 Å². The van der Waals surface area contributed by atoms with Gasteiger partial charge in [-0.3, -0.25) is 4.79 Å². The topological polar surface area (TPSA) is 177 Å². The summed E-state index contributed by atoms with van der Waals surface area (Å²) in [6.45, 7) is 8.67. The number of nitrogens with one attached hydrogen (secondary N) is 1. The number of rotatable bonds is 12. The highest BCUT2D eigenvalue weighted by Gasteiger charge is 2.28.